The van der Waals surface area contributed by atoms with Crippen LogP contribution in [0.15, 0.2) is 30.3 Å². The van der Waals surface area contributed by atoms with Crippen molar-refractivity contribution in [2.24, 2.45) is 5.41 Å². The molecule has 0 bridgehead atoms. The van der Waals surface area contributed by atoms with Gasteiger partial charge in [0.1, 0.15) is 5.75 Å². The lowest BCUT2D eigenvalue weighted by Gasteiger charge is -2.40. The summed E-state index contributed by atoms with van der Waals surface area (Å²) in [6.45, 7) is 11.7. The zero-order chi connectivity index (χ0) is 19.7. The van der Waals surface area contributed by atoms with E-state index in [1.165, 1.54) is 16.8 Å². The molecule has 0 aliphatic carbocycles. The molecule has 30 heavy (non-hydrogen) atoms. The molecule has 166 valence electrons. The van der Waals surface area contributed by atoms with Crippen molar-refractivity contribution in [1.82, 2.24) is 9.88 Å². The summed E-state index contributed by atoms with van der Waals surface area (Å²) in [7, 11) is 2.19. The Kier molecular flexibility index (Phi) is 8.43. The fourth-order valence-electron chi connectivity index (χ4n) is 4.47. The summed E-state index contributed by atoms with van der Waals surface area (Å²) in [4.78, 5) is 9.39. The van der Waals surface area contributed by atoms with Gasteiger partial charge in [-0.1, -0.05) is 13.0 Å². The quantitative estimate of drug-likeness (QED) is 0.637. The number of rotatable bonds is 4. The zero-order valence-electron chi connectivity index (χ0n) is 18.6. The second-order valence-electron chi connectivity index (χ2n) is 9.11. The highest BCUT2D eigenvalue weighted by atomic mass is 35.5. The van der Waals surface area contributed by atoms with Crippen molar-refractivity contribution >= 4 is 30.5 Å². The Bertz CT molecular complexity index is 830. The van der Waals surface area contributed by atoms with E-state index in [1.54, 1.807) is 0 Å². The number of halogens is 2. The number of aryl methyl sites for hydroxylation is 2. The van der Waals surface area contributed by atoms with Gasteiger partial charge in [0.2, 0.25) is 0 Å². The van der Waals surface area contributed by atoms with Gasteiger partial charge in [0.15, 0.2) is 0 Å². The maximum absolute atomic E-state index is 6.28. The molecule has 0 saturated carbocycles. The number of fused-ring (bicyclic) bond motifs is 1. The molecule has 4 nitrogen and oxygen atoms in total. The summed E-state index contributed by atoms with van der Waals surface area (Å²) >= 11 is 0. The number of pyridine rings is 1. The van der Waals surface area contributed by atoms with Crippen molar-refractivity contribution in [3.63, 3.8) is 0 Å². The van der Waals surface area contributed by atoms with Crippen LogP contribution in [0, 0.1) is 19.3 Å². The van der Waals surface area contributed by atoms with Crippen molar-refractivity contribution < 1.29 is 4.74 Å². The number of hydrogen-bond donors (Lipinski definition) is 0. The molecule has 6 heteroatoms. The van der Waals surface area contributed by atoms with E-state index in [1.807, 2.05) is 0 Å². The van der Waals surface area contributed by atoms with Gasteiger partial charge in [0, 0.05) is 48.7 Å². The van der Waals surface area contributed by atoms with Crippen LogP contribution >= 0.6 is 24.8 Å². The zero-order valence-corrected chi connectivity index (χ0v) is 20.2. The topological polar surface area (TPSA) is 28.6 Å². The van der Waals surface area contributed by atoms with E-state index in [2.05, 4.69) is 72.9 Å². The van der Waals surface area contributed by atoms with Crippen LogP contribution in [-0.2, 0) is 13.0 Å². The minimum Gasteiger partial charge on any atom is -0.493 e. The Morgan fingerprint density at radius 1 is 0.967 bits per heavy atom. The minimum atomic E-state index is 0. The number of benzene rings is 1. The summed E-state index contributed by atoms with van der Waals surface area (Å²) in [5.41, 5.74) is 6.66. The lowest BCUT2D eigenvalue weighted by Crippen LogP contribution is -2.41. The average Bonchev–Trinajstić information content (AvgIpc) is 2.66. The first kappa shape index (κ1) is 24.8. The molecular formula is C24H35Cl2N3O. The van der Waals surface area contributed by atoms with Gasteiger partial charge in [0.25, 0.3) is 0 Å². The first-order valence-corrected chi connectivity index (χ1v) is 10.5. The molecule has 1 aromatic heterocycles. The van der Waals surface area contributed by atoms with E-state index in [9.17, 15) is 0 Å². The number of hydrogen-bond acceptors (Lipinski definition) is 4. The lowest BCUT2D eigenvalue weighted by molar-refractivity contribution is 0.131. The van der Waals surface area contributed by atoms with Gasteiger partial charge in [0.05, 0.1) is 6.61 Å². The number of aromatic nitrogens is 1. The SMILES string of the molecule is Cc1cc(N2CCC(C)(COc3ccc4c(c3)CN(C)CC4)CC2)cc(C)n1.Cl.Cl. The second kappa shape index (κ2) is 10.2. The lowest BCUT2D eigenvalue weighted by atomic mass is 9.81. The van der Waals surface area contributed by atoms with E-state index < -0.39 is 0 Å². The average molecular weight is 452 g/mol. The van der Waals surface area contributed by atoms with Gasteiger partial charge in [-0.25, -0.2) is 0 Å². The van der Waals surface area contributed by atoms with E-state index in [0.29, 0.717) is 0 Å². The van der Waals surface area contributed by atoms with Crippen LogP contribution in [0.3, 0.4) is 0 Å². The summed E-state index contributed by atoms with van der Waals surface area (Å²) in [5.74, 6) is 1.03. The molecule has 1 aromatic carbocycles. The summed E-state index contributed by atoms with van der Waals surface area (Å²) < 4.78 is 6.28. The molecule has 0 amide bonds. The Morgan fingerprint density at radius 3 is 2.30 bits per heavy atom. The summed E-state index contributed by atoms with van der Waals surface area (Å²) in [6, 6.07) is 11.1. The summed E-state index contributed by atoms with van der Waals surface area (Å²) in [5, 5.41) is 0. The number of piperidine rings is 1. The van der Waals surface area contributed by atoms with Crippen LogP contribution in [0.25, 0.3) is 0 Å². The third-order valence-electron chi connectivity index (χ3n) is 6.37. The van der Waals surface area contributed by atoms with Gasteiger partial charge >= 0.3 is 0 Å². The fraction of sp³-hybridized carbons (Fsp3) is 0.542. The molecular weight excluding hydrogens is 417 g/mol. The first-order chi connectivity index (χ1) is 13.4. The third-order valence-corrected chi connectivity index (χ3v) is 6.37. The Labute approximate surface area is 193 Å². The number of anilines is 1. The van der Waals surface area contributed by atoms with Crippen molar-refractivity contribution in [1.29, 1.82) is 0 Å². The van der Waals surface area contributed by atoms with Gasteiger partial charge in [-0.15, -0.1) is 24.8 Å². The highest BCUT2D eigenvalue weighted by molar-refractivity contribution is 5.85. The molecule has 3 heterocycles. The van der Waals surface area contributed by atoms with E-state index in [-0.39, 0.29) is 30.2 Å². The highest BCUT2D eigenvalue weighted by Gasteiger charge is 2.31. The molecule has 0 atom stereocenters. The van der Waals surface area contributed by atoms with E-state index in [0.717, 1.165) is 69.2 Å². The van der Waals surface area contributed by atoms with Crippen molar-refractivity contribution in [2.45, 2.75) is 46.6 Å². The molecule has 0 N–H and O–H groups in total. The molecule has 0 unspecified atom stereocenters. The molecule has 4 rings (SSSR count). The predicted molar refractivity (Wildman–Crippen MR) is 130 cm³/mol. The molecule has 0 spiro atoms. The van der Waals surface area contributed by atoms with Crippen LogP contribution in [0.1, 0.15) is 42.3 Å². The smallest absolute Gasteiger partial charge is 0.119 e. The normalized spacial score (nSPS) is 18.1. The van der Waals surface area contributed by atoms with Crippen LogP contribution in [0.4, 0.5) is 5.69 Å². The van der Waals surface area contributed by atoms with E-state index in [4.69, 9.17) is 4.74 Å². The molecule has 2 aromatic rings. The van der Waals surface area contributed by atoms with Gasteiger partial charge < -0.3 is 14.5 Å². The first-order valence-electron chi connectivity index (χ1n) is 10.5. The predicted octanol–water partition coefficient (Wildman–Crippen LogP) is 5.22. The third kappa shape index (κ3) is 5.81. The molecule has 1 fully saturated rings. The molecule has 2 aliphatic heterocycles. The maximum atomic E-state index is 6.28. The monoisotopic (exact) mass is 451 g/mol. The standard InChI is InChI=1S/C24H33N3O.2ClH/c1-18-13-22(14-19(2)25-18)27-11-8-24(3,9-12-27)17-28-23-6-5-20-7-10-26(4)16-21(20)15-23;;/h5-6,13-15H,7-12,16-17H2,1-4H3;2*1H. The van der Waals surface area contributed by atoms with Gasteiger partial charge in [-0.3, -0.25) is 4.98 Å². The molecule has 2 aliphatic rings. The fourth-order valence-corrected chi connectivity index (χ4v) is 4.47. The number of likely N-dealkylation sites (N-methyl/N-ethyl adjacent to an activating group) is 1. The molecule has 1 saturated heterocycles. The van der Waals surface area contributed by atoms with Crippen molar-refractivity contribution in [3.05, 3.63) is 52.8 Å². The largest absolute Gasteiger partial charge is 0.493 e. The minimum absolute atomic E-state index is 0. The van der Waals surface area contributed by atoms with Crippen molar-refractivity contribution in [3.8, 4) is 5.75 Å². The number of ether oxygens (including phenoxy) is 1. The van der Waals surface area contributed by atoms with Crippen LogP contribution in [0.5, 0.6) is 5.75 Å². The second-order valence-corrected chi connectivity index (χ2v) is 9.11. The van der Waals surface area contributed by atoms with Crippen LogP contribution in [0.2, 0.25) is 0 Å². The van der Waals surface area contributed by atoms with E-state index >= 15 is 0 Å². The summed E-state index contributed by atoms with van der Waals surface area (Å²) in [6.07, 6.45) is 3.45. The Balaban J connectivity index is 0.00000160. The molecule has 0 radical (unpaired) electrons. The van der Waals surface area contributed by atoms with Gasteiger partial charge in [-0.05, 0) is 75.5 Å². The Hall–Kier alpha value is -1.49. The number of nitrogens with zero attached hydrogens (tertiary/aromatic N) is 3. The van der Waals surface area contributed by atoms with Crippen molar-refractivity contribution in [2.75, 3.05) is 38.2 Å². The maximum Gasteiger partial charge on any atom is 0.119 e. The van der Waals surface area contributed by atoms with Crippen LogP contribution in [-0.4, -0.2) is 43.2 Å². The Morgan fingerprint density at radius 2 is 1.63 bits per heavy atom. The highest BCUT2D eigenvalue weighted by Crippen LogP contribution is 2.34. The van der Waals surface area contributed by atoms with Gasteiger partial charge in [-0.2, -0.15) is 0 Å². The van der Waals surface area contributed by atoms with Crippen LogP contribution < -0.4 is 9.64 Å².